The number of aryl methyl sites for hydroxylation is 1. The maximum atomic E-state index is 6.34. The van der Waals surface area contributed by atoms with Crippen molar-refractivity contribution in [2.75, 3.05) is 13.1 Å². The fraction of sp³-hybridized carbons (Fsp3) is 0.538. The fourth-order valence-corrected chi connectivity index (χ4v) is 3.01. The normalized spacial score (nSPS) is 28.4. The van der Waals surface area contributed by atoms with Crippen LogP contribution in [0.5, 0.6) is 0 Å². The Morgan fingerprint density at radius 1 is 1.44 bits per heavy atom. The lowest BCUT2D eigenvalue weighted by molar-refractivity contribution is -0.00677. The summed E-state index contributed by atoms with van der Waals surface area (Å²) in [6.07, 6.45) is 1.49. The molecule has 0 aliphatic carbocycles. The van der Waals surface area contributed by atoms with Gasteiger partial charge in [0.05, 0.1) is 12.7 Å². The highest BCUT2D eigenvalue weighted by atomic mass is 35.5. The van der Waals surface area contributed by atoms with E-state index in [1.807, 2.05) is 6.92 Å². The largest absolute Gasteiger partial charge is 0.373 e. The topological polar surface area (TPSA) is 21.3 Å². The molecule has 3 rings (SSSR count). The van der Waals surface area contributed by atoms with E-state index in [1.165, 1.54) is 11.1 Å². The van der Waals surface area contributed by atoms with Gasteiger partial charge in [0.15, 0.2) is 0 Å². The summed E-state index contributed by atoms with van der Waals surface area (Å²) in [7, 11) is 0. The Morgan fingerprint density at radius 2 is 2.31 bits per heavy atom. The standard InChI is InChI=1S/C13H16ClNO/c1-8-2-3-9-10-6-15-5-4-12(10)16-7-11(9)13(8)14/h2-3,10,12,15H,4-7H2,1H3/t10-,12+/m0/s1. The van der Waals surface area contributed by atoms with Crippen molar-refractivity contribution in [2.45, 2.75) is 32.0 Å². The van der Waals surface area contributed by atoms with Gasteiger partial charge in [0.25, 0.3) is 0 Å². The number of benzene rings is 1. The Hall–Kier alpha value is -0.570. The molecule has 16 heavy (non-hydrogen) atoms. The molecule has 2 heterocycles. The average Bonchev–Trinajstić information content (AvgIpc) is 2.33. The van der Waals surface area contributed by atoms with Crippen LogP contribution in [0.15, 0.2) is 12.1 Å². The van der Waals surface area contributed by atoms with Crippen LogP contribution in [-0.4, -0.2) is 19.2 Å². The predicted octanol–water partition coefficient (Wildman–Crippen LogP) is 2.62. The van der Waals surface area contributed by atoms with Gasteiger partial charge < -0.3 is 10.1 Å². The molecule has 1 fully saturated rings. The van der Waals surface area contributed by atoms with Crippen LogP contribution in [-0.2, 0) is 11.3 Å². The molecule has 2 nitrogen and oxygen atoms in total. The van der Waals surface area contributed by atoms with Crippen LogP contribution in [0.4, 0.5) is 0 Å². The minimum absolute atomic E-state index is 0.382. The zero-order chi connectivity index (χ0) is 11.1. The van der Waals surface area contributed by atoms with Gasteiger partial charge in [-0.1, -0.05) is 23.7 Å². The van der Waals surface area contributed by atoms with Crippen molar-refractivity contribution in [3.05, 3.63) is 33.8 Å². The second kappa shape index (κ2) is 4.02. The Kier molecular flexibility index (Phi) is 2.66. The SMILES string of the molecule is Cc1ccc2c(c1Cl)CO[C@@H]1CCNC[C@@H]21. The Bertz CT molecular complexity index is 419. The second-order valence-corrected chi connectivity index (χ2v) is 5.09. The molecule has 0 radical (unpaired) electrons. The number of rotatable bonds is 0. The molecule has 2 atom stereocenters. The molecule has 0 aromatic heterocycles. The molecular formula is C13H16ClNO. The monoisotopic (exact) mass is 237 g/mol. The van der Waals surface area contributed by atoms with Gasteiger partial charge in [0, 0.05) is 23.0 Å². The maximum Gasteiger partial charge on any atom is 0.0738 e. The van der Waals surface area contributed by atoms with Crippen molar-refractivity contribution in [1.82, 2.24) is 5.32 Å². The molecule has 86 valence electrons. The molecule has 0 spiro atoms. The molecule has 3 heteroatoms. The van der Waals surface area contributed by atoms with E-state index in [-0.39, 0.29) is 0 Å². The van der Waals surface area contributed by atoms with Crippen molar-refractivity contribution < 1.29 is 4.74 Å². The minimum Gasteiger partial charge on any atom is -0.373 e. The molecular weight excluding hydrogens is 222 g/mol. The van der Waals surface area contributed by atoms with Gasteiger partial charge in [0.1, 0.15) is 0 Å². The van der Waals surface area contributed by atoms with E-state index in [0.29, 0.717) is 18.6 Å². The van der Waals surface area contributed by atoms with Gasteiger partial charge in [-0.2, -0.15) is 0 Å². The molecule has 0 amide bonds. The summed E-state index contributed by atoms with van der Waals surface area (Å²) >= 11 is 6.34. The number of piperidine rings is 1. The average molecular weight is 238 g/mol. The second-order valence-electron chi connectivity index (χ2n) is 4.71. The van der Waals surface area contributed by atoms with E-state index in [9.17, 15) is 0 Å². The van der Waals surface area contributed by atoms with Gasteiger partial charge >= 0.3 is 0 Å². The predicted molar refractivity (Wildman–Crippen MR) is 65.0 cm³/mol. The Labute approximate surface area is 101 Å². The molecule has 1 saturated heterocycles. The lowest BCUT2D eigenvalue weighted by atomic mass is 9.83. The maximum absolute atomic E-state index is 6.34. The van der Waals surface area contributed by atoms with Crippen LogP contribution in [0.1, 0.15) is 29.0 Å². The Balaban J connectivity index is 2.05. The third-order valence-electron chi connectivity index (χ3n) is 3.73. The molecule has 1 N–H and O–H groups in total. The molecule has 0 saturated carbocycles. The first kappa shape index (κ1) is 10.6. The first-order chi connectivity index (χ1) is 7.77. The van der Waals surface area contributed by atoms with Gasteiger partial charge in [-0.05, 0) is 31.0 Å². The van der Waals surface area contributed by atoms with Gasteiger partial charge in [-0.15, -0.1) is 0 Å². The summed E-state index contributed by atoms with van der Waals surface area (Å²) in [6, 6.07) is 4.35. The fourth-order valence-electron chi connectivity index (χ4n) is 2.78. The summed E-state index contributed by atoms with van der Waals surface area (Å²) in [5.41, 5.74) is 3.73. The minimum atomic E-state index is 0.382. The highest BCUT2D eigenvalue weighted by molar-refractivity contribution is 6.32. The van der Waals surface area contributed by atoms with Crippen molar-refractivity contribution in [3.63, 3.8) is 0 Å². The van der Waals surface area contributed by atoms with E-state index in [4.69, 9.17) is 16.3 Å². The van der Waals surface area contributed by atoms with Gasteiger partial charge in [-0.25, -0.2) is 0 Å². The zero-order valence-electron chi connectivity index (χ0n) is 9.42. The zero-order valence-corrected chi connectivity index (χ0v) is 10.2. The van der Waals surface area contributed by atoms with Gasteiger partial charge in [-0.3, -0.25) is 0 Å². The summed E-state index contributed by atoms with van der Waals surface area (Å²) < 4.78 is 5.92. The number of nitrogens with one attached hydrogen (secondary N) is 1. The van der Waals surface area contributed by atoms with Crippen molar-refractivity contribution in [2.24, 2.45) is 0 Å². The van der Waals surface area contributed by atoms with Crippen LogP contribution in [0.2, 0.25) is 5.02 Å². The molecule has 2 aliphatic heterocycles. The van der Waals surface area contributed by atoms with Crippen molar-refractivity contribution in [1.29, 1.82) is 0 Å². The first-order valence-electron chi connectivity index (χ1n) is 5.87. The smallest absolute Gasteiger partial charge is 0.0738 e. The van der Waals surface area contributed by atoms with Crippen LogP contribution in [0, 0.1) is 6.92 Å². The van der Waals surface area contributed by atoms with Crippen molar-refractivity contribution in [3.8, 4) is 0 Å². The third-order valence-corrected chi connectivity index (χ3v) is 4.26. The highest BCUT2D eigenvalue weighted by Crippen LogP contribution is 2.38. The lowest BCUT2D eigenvalue weighted by Crippen LogP contribution is -2.42. The number of ether oxygens (including phenoxy) is 1. The number of halogens is 1. The van der Waals surface area contributed by atoms with Gasteiger partial charge in [0.2, 0.25) is 0 Å². The molecule has 0 unspecified atom stereocenters. The van der Waals surface area contributed by atoms with Crippen LogP contribution >= 0.6 is 11.6 Å². The third kappa shape index (κ3) is 1.56. The molecule has 1 aromatic carbocycles. The van der Waals surface area contributed by atoms with E-state index >= 15 is 0 Å². The van der Waals surface area contributed by atoms with Crippen LogP contribution < -0.4 is 5.32 Å². The van der Waals surface area contributed by atoms with E-state index in [0.717, 1.165) is 30.1 Å². The van der Waals surface area contributed by atoms with E-state index in [1.54, 1.807) is 0 Å². The molecule has 0 bridgehead atoms. The van der Waals surface area contributed by atoms with Crippen molar-refractivity contribution >= 4 is 11.6 Å². The summed E-state index contributed by atoms with van der Waals surface area (Å²) in [5, 5.41) is 4.33. The number of hydrogen-bond donors (Lipinski definition) is 1. The Morgan fingerprint density at radius 3 is 3.19 bits per heavy atom. The molecule has 2 aliphatic rings. The van der Waals surface area contributed by atoms with E-state index < -0.39 is 0 Å². The number of fused-ring (bicyclic) bond motifs is 3. The quantitative estimate of drug-likeness (QED) is 0.749. The lowest BCUT2D eigenvalue weighted by Gasteiger charge is -2.38. The summed E-state index contributed by atoms with van der Waals surface area (Å²) in [5.74, 6) is 0.482. The van der Waals surface area contributed by atoms with Crippen LogP contribution in [0.3, 0.4) is 0 Å². The van der Waals surface area contributed by atoms with Crippen LogP contribution in [0.25, 0.3) is 0 Å². The summed E-state index contributed by atoms with van der Waals surface area (Å²) in [4.78, 5) is 0. The molecule has 1 aromatic rings. The first-order valence-corrected chi connectivity index (χ1v) is 6.25. The number of hydrogen-bond acceptors (Lipinski definition) is 2. The summed E-state index contributed by atoms with van der Waals surface area (Å²) in [6.45, 7) is 4.80. The van der Waals surface area contributed by atoms with E-state index in [2.05, 4.69) is 17.4 Å². The highest BCUT2D eigenvalue weighted by Gasteiger charge is 2.33.